The molecule has 2 aliphatic rings. The molecule has 12 aromatic rings. The van der Waals surface area contributed by atoms with Crippen molar-refractivity contribution in [1.82, 2.24) is 9.97 Å². The first-order valence-electron chi connectivity index (χ1n) is 23.3. The van der Waals surface area contributed by atoms with Gasteiger partial charge in [-0.25, -0.2) is 9.97 Å². The van der Waals surface area contributed by atoms with E-state index in [1.807, 2.05) is 12.1 Å². The lowest BCUT2D eigenvalue weighted by atomic mass is 9.65. The Labute approximate surface area is 394 Å². The van der Waals surface area contributed by atoms with Gasteiger partial charge in [0.25, 0.3) is 0 Å². The SMILES string of the molecule is c1ccc(-c2cc(-c3ccccc3)cc(-c3nc(-c4ccc5c(c4)C4(c6ccccc6-c6ccccc6-5)c5ccccc5-c5ccccc54)cc(-c4cccc5oc6ccccc6c45)n3)c2)cc1. The van der Waals surface area contributed by atoms with Gasteiger partial charge in [-0.1, -0.05) is 200 Å². The summed E-state index contributed by atoms with van der Waals surface area (Å²) >= 11 is 0. The predicted octanol–water partition coefficient (Wildman–Crippen LogP) is 16.7. The molecule has 3 nitrogen and oxygen atoms in total. The molecule has 2 aromatic heterocycles. The Morgan fingerprint density at radius 1 is 0.279 bits per heavy atom. The summed E-state index contributed by atoms with van der Waals surface area (Å²) in [6, 6.07) is 87.7. The van der Waals surface area contributed by atoms with E-state index in [9.17, 15) is 0 Å². The number of rotatable bonds is 5. The van der Waals surface area contributed by atoms with Crippen molar-refractivity contribution in [2.45, 2.75) is 5.41 Å². The van der Waals surface area contributed by atoms with Crippen LogP contribution in [0.3, 0.4) is 0 Å². The molecular formula is C65H40N2O. The Hall–Kier alpha value is -8.92. The van der Waals surface area contributed by atoms with Gasteiger partial charge in [-0.15, -0.1) is 0 Å². The fraction of sp³-hybridized carbons (Fsp3) is 0.0154. The van der Waals surface area contributed by atoms with Gasteiger partial charge in [0.05, 0.1) is 16.8 Å². The van der Waals surface area contributed by atoms with Crippen molar-refractivity contribution in [3.8, 4) is 89.5 Å². The van der Waals surface area contributed by atoms with Gasteiger partial charge in [0.15, 0.2) is 5.82 Å². The molecule has 14 rings (SSSR count). The van der Waals surface area contributed by atoms with Gasteiger partial charge < -0.3 is 4.42 Å². The highest BCUT2D eigenvalue weighted by Crippen LogP contribution is 2.61. The second-order valence-corrected chi connectivity index (χ2v) is 18.0. The Kier molecular flexibility index (Phi) is 8.50. The molecule has 3 heteroatoms. The van der Waals surface area contributed by atoms with Crippen molar-refractivity contribution in [3.63, 3.8) is 0 Å². The molecule has 0 bridgehead atoms. The third-order valence-corrected chi connectivity index (χ3v) is 14.3. The molecule has 0 unspecified atom stereocenters. The lowest BCUT2D eigenvalue weighted by molar-refractivity contribution is 0.669. The summed E-state index contributed by atoms with van der Waals surface area (Å²) in [5, 5.41) is 2.09. The minimum Gasteiger partial charge on any atom is -0.456 e. The first-order chi connectivity index (χ1) is 33.7. The van der Waals surface area contributed by atoms with Crippen molar-refractivity contribution >= 4 is 21.9 Å². The zero-order chi connectivity index (χ0) is 44.8. The molecule has 0 amide bonds. The van der Waals surface area contributed by atoms with E-state index in [1.165, 1.54) is 55.6 Å². The molecule has 0 radical (unpaired) electrons. The molecule has 0 N–H and O–H groups in total. The number of nitrogens with zero attached hydrogens (tertiary/aromatic N) is 2. The molecule has 316 valence electrons. The number of fused-ring (bicyclic) bond motifs is 15. The van der Waals surface area contributed by atoms with Crippen molar-refractivity contribution in [3.05, 3.63) is 265 Å². The van der Waals surface area contributed by atoms with Crippen LogP contribution in [0.4, 0.5) is 0 Å². The Balaban J connectivity index is 1.08. The number of furan rings is 1. The standard InChI is InChI=1S/C65H40N2O/c1-3-18-41(19-4-1)44-36-45(42-20-5-2-6-21-42)38-46(37-44)64-66-59(40-60(67-64)53-28-17-33-62-63(53)54-27-12-16-32-61(54)68-62)43-34-35-52-48-23-8-7-22-47(48)49-24-9-13-29-55(49)65(58(52)39-43)56-30-14-10-25-50(56)51-26-11-15-31-57(51)65/h1-40H. The van der Waals surface area contributed by atoms with Crippen LogP contribution in [0.1, 0.15) is 22.3 Å². The van der Waals surface area contributed by atoms with Gasteiger partial charge in [-0.3, -0.25) is 0 Å². The van der Waals surface area contributed by atoms with Crippen LogP contribution in [0.25, 0.3) is 111 Å². The van der Waals surface area contributed by atoms with Crippen LogP contribution < -0.4 is 0 Å². The van der Waals surface area contributed by atoms with Gasteiger partial charge in [-0.2, -0.15) is 0 Å². The maximum atomic E-state index is 6.47. The van der Waals surface area contributed by atoms with Crippen LogP contribution in [-0.2, 0) is 5.41 Å². The van der Waals surface area contributed by atoms with Gasteiger partial charge in [0, 0.05) is 27.5 Å². The zero-order valence-corrected chi connectivity index (χ0v) is 36.9. The summed E-state index contributed by atoms with van der Waals surface area (Å²) in [4.78, 5) is 11.2. The fourth-order valence-corrected chi connectivity index (χ4v) is 11.4. The number of benzene rings is 10. The molecule has 2 aliphatic carbocycles. The highest BCUT2D eigenvalue weighted by atomic mass is 16.3. The van der Waals surface area contributed by atoms with Crippen LogP contribution in [0.2, 0.25) is 0 Å². The van der Waals surface area contributed by atoms with E-state index in [4.69, 9.17) is 14.4 Å². The van der Waals surface area contributed by atoms with E-state index in [1.54, 1.807) is 0 Å². The Morgan fingerprint density at radius 2 is 0.750 bits per heavy atom. The van der Waals surface area contributed by atoms with Crippen LogP contribution >= 0.6 is 0 Å². The van der Waals surface area contributed by atoms with Crippen LogP contribution in [0.5, 0.6) is 0 Å². The van der Waals surface area contributed by atoms with Crippen molar-refractivity contribution in [2.24, 2.45) is 0 Å². The number of hydrogen-bond donors (Lipinski definition) is 0. The Morgan fingerprint density at radius 3 is 1.38 bits per heavy atom. The summed E-state index contributed by atoms with van der Waals surface area (Å²) in [5.41, 5.74) is 22.6. The van der Waals surface area contributed by atoms with Gasteiger partial charge >= 0.3 is 0 Å². The molecule has 0 saturated heterocycles. The molecule has 0 saturated carbocycles. The average Bonchev–Trinajstić information content (AvgIpc) is 3.92. The molecular weight excluding hydrogens is 825 g/mol. The number of hydrogen-bond acceptors (Lipinski definition) is 3. The van der Waals surface area contributed by atoms with E-state index in [-0.39, 0.29) is 0 Å². The van der Waals surface area contributed by atoms with Crippen molar-refractivity contribution < 1.29 is 4.42 Å². The van der Waals surface area contributed by atoms with Crippen molar-refractivity contribution in [1.29, 1.82) is 0 Å². The summed E-state index contributed by atoms with van der Waals surface area (Å²) in [7, 11) is 0. The topological polar surface area (TPSA) is 38.9 Å². The first kappa shape index (κ1) is 38.4. The minimum absolute atomic E-state index is 0.622. The van der Waals surface area contributed by atoms with E-state index in [0.29, 0.717) is 5.82 Å². The quantitative estimate of drug-likeness (QED) is 0.173. The van der Waals surface area contributed by atoms with Gasteiger partial charge in [0.1, 0.15) is 11.2 Å². The second-order valence-electron chi connectivity index (χ2n) is 18.0. The maximum Gasteiger partial charge on any atom is 0.160 e. The van der Waals surface area contributed by atoms with E-state index >= 15 is 0 Å². The predicted molar refractivity (Wildman–Crippen MR) is 278 cm³/mol. The average molecular weight is 865 g/mol. The Bertz CT molecular complexity index is 3870. The van der Waals surface area contributed by atoms with Gasteiger partial charge in [0.2, 0.25) is 0 Å². The normalized spacial score (nSPS) is 12.8. The molecule has 68 heavy (non-hydrogen) atoms. The van der Waals surface area contributed by atoms with E-state index < -0.39 is 5.41 Å². The van der Waals surface area contributed by atoms with Gasteiger partial charge in [-0.05, 0) is 120 Å². The van der Waals surface area contributed by atoms with Crippen molar-refractivity contribution in [2.75, 3.05) is 0 Å². The lowest BCUT2D eigenvalue weighted by Gasteiger charge is -2.35. The summed E-state index contributed by atoms with van der Waals surface area (Å²) in [6.07, 6.45) is 0. The summed E-state index contributed by atoms with van der Waals surface area (Å²) < 4.78 is 6.47. The lowest BCUT2D eigenvalue weighted by Crippen LogP contribution is -2.29. The highest BCUT2D eigenvalue weighted by Gasteiger charge is 2.49. The molecule has 10 aromatic carbocycles. The third-order valence-electron chi connectivity index (χ3n) is 14.3. The molecule has 1 spiro atoms. The van der Waals surface area contributed by atoms with Crippen LogP contribution in [0.15, 0.2) is 247 Å². The van der Waals surface area contributed by atoms with Crippen LogP contribution in [0, 0.1) is 0 Å². The molecule has 0 fully saturated rings. The first-order valence-corrected chi connectivity index (χ1v) is 23.3. The largest absolute Gasteiger partial charge is 0.456 e. The summed E-state index contributed by atoms with van der Waals surface area (Å²) in [5.74, 6) is 0.647. The molecule has 0 aliphatic heterocycles. The summed E-state index contributed by atoms with van der Waals surface area (Å²) in [6.45, 7) is 0. The van der Waals surface area contributed by atoms with E-state index in [0.717, 1.165) is 72.3 Å². The number of aromatic nitrogens is 2. The monoisotopic (exact) mass is 864 g/mol. The molecule has 0 atom stereocenters. The minimum atomic E-state index is -0.622. The number of para-hydroxylation sites is 1. The smallest absolute Gasteiger partial charge is 0.160 e. The third kappa shape index (κ3) is 5.72. The highest BCUT2D eigenvalue weighted by molar-refractivity contribution is 6.12. The second kappa shape index (κ2) is 15.1. The molecule has 2 heterocycles. The van der Waals surface area contributed by atoms with Crippen LogP contribution in [-0.4, -0.2) is 9.97 Å². The maximum absolute atomic E-state index is 6.47. The fourth-order valence-electron chi connectivity index (χ4n) is 11.4. The van der Waals surface area contributed by atoms with E-state index in [2.05, 4.69) is 231 Å². The zero-order valence-electron chi connectivity index (χ0n) is 36.9.